The van der Waals surface area contributed by atoms with E-state index in [1.165, 1.54) is 31.4 Å². The lowest BCUT2D eigenvalue weighted by Gasteiger charge is -2.27. The lowest BCUT2D eigenvalue weighted by molar-refractivity contribution is -0.122. The minimum atomic E-state index is -0.286. The molecule has 1 aliphatic heterocycles. The van der Waals surface area contributed by atoms with Crippen LogP contribution in [-0.4, -0.2) is 42.9 Å². The van der Waals surface area contributed by atoms with Gasteiger partial charge in [0.1, 0.15) is 5.82 Å². The minimum Gasteiger partial charge on any atom is -0.355 e. The summed E-state index contributed by atoms with van der Waals surface area (Å²) in [5, 5.41) is 3.04. The smallest absolute Gasteiger partial charge is 0.230 e. The van der Waals surface area contributed by atoms with Gasteiger partial charge in [0, 0.05) is 24.7 Å². The van der Waals surface area contributed by atoms with Gasteiger partial charge in [-0.25, -0.2) is 4.39 Å². The van der Waals surface area contributed by atoms with Crippen molar-refractivity contribution in [2.75, 3.05) is 31.1 Å². The van der Waals surface area contributed by atoms with E-state index in [0.29, 0.717) is 13.1 Å². The fourth-order valence-electron chi connectivity index (χ4n) is 5.08. The van der Waals surface area contributed by atoms with Crippen LogP contribution < -0.4 is 10.2 Å². The van der Waals surface area contributed by atoms with Gasteiger partial charge in [-0.05, 0) is 74.2 Å². The number of anilines is 1. The van der Waals surface area contributed by atoms with Gasteiger partial charge >= 0.3 is 0 Å². The average molecular weight is 466 g/mol. The summed E-state index contributed by atoms with van der Waals surface area (Å²) < 4.78 is 13.4. The predicted molar refractivity (Wildman–Crippen MR) is 133 cm³/mol. The Balaban J connectivity index is 1.41. The number of hydrogen-bond acceptors (Lipinski definition) is 3. The Morgan fingerprint density at radius 1 is 0.941 bits per heavy atom. The second kappa shape index (κ2) is 12.1. The van der Waals surface area contributed by atoms with E-state index < -0.39 is 0 Å². The predicted octanol–water partition coefficient (Wildman–Crippen LogP) is 4.69. The van der Waals surface area contributed by atoms with Crippen molar-refractivity contribution in [3.05, 3.63) is 65.5 Å². The first kappa shape index (κ1) is 24.4. The van der Waals surface area contributed by atoms with Crippen LogP contribution in [0.3, 0.4) is 0 Å². The highest BCUT2D eigenvalue weighted by Gasteiger charge is 2.28. The summed E-state index contributed by atoms with van der Waals surface area (Å²) in [4.78, 5) is 30.2. The number of carbonyl (C=O) groups excluding carboxylic acids is 2. The minimum absolute atomic E-state index is 0.00126. The molecular weight excluding hydrogens is 429 g/mol. The van der Waals surface area contributed by atoms with Crippen LogP contribution in [0.2, 0.25) is 0 Å². The van der Waals surface area contributed by atoms with Gasteiger partial charge in [0.05, 0.1) is 13.0 Å². The topological polar surface area (TPSA) is 52.7 Å². The molecule has 2 aromatic carbocycles. The Labute approximate surface area is 202 Å². The molecule has 1 aliphatic carbocycles. The van der Waals surface area contributed by atoms with Gasteiger partial charge in [-0.15, -0.1) is 0 Å². The third-order valence-corrected chi connectivity index (χ3v) is 7.01. The van der Waals surface area contributed by atoms with Crippen molar-refractivity contribution in [1.82, 2.24) is 10.2 Å². The molecule has 1 N–H and O–H groups in total. The molecule has 0 radical (unpaired) electrons. The number of carbonyl (C=O) groups is 2. The second-order valence-corrected chi connectivity index (χ2v) is 9.63. The van der Waals surface area contributed by atoms with Gasteiger partial charge in [0.25, 0.3) is 0 Å². The molecule has 34 heavy (non-hydrogen) atoms. The van der Waals surface area contributed by atoms with Crippen molar-refractivity contribution in [3.63, 3.8) is 0 Å². The third-order valence-electron chi connectivity index (χ3n) is 7.01. The average Bonchev–Trinajstić information content (AvgIpc) is 3.39. The van der Waals surface area contributed by atoms with E-state index in [0.717, 1.165) is 62.1 Å². The first-order valence-electron chi connectivity index (χ1n) is 12.7. The molecule has 2 aliphatic rings. The Kier molecular flexibility index (Phi) is 8.69. The normalized spacial score (nSPS) is 17.0. The first-order valence-corrected chi connectivity index (χ1v) is 12.7. The summed E-state index contributed by atoms with van der Waals surface area (Å²) in [6.07, 6.45) is 8.08. The maximum absolute atomic E-state index is 13.4. The maximum Gasteiger partial charge on any atom is 0.230 e. The summed E-state index contributed by atoms with van der Waals surface area (Å²) in [6.45, 7) is 4.19. The Bertz CT molecular complexity index is 950. The highest BCUT2D eigenvalue weighted by atomic mass is 19.1. The molecule has 0 unspecified atom stereocenters. The molecule has 1 saturated carbocycles. The molecule has 6 heteroatoms. The fraction of sp³-hybridized carbons (Fsp3) is 0.500. The van der Waals surface area contributed by atoms with Crippen LogP contribution in [-0.2, 0) is 22.6 Å². The number of benzene rings is 2. The van der Waals surface area contributed by atoms with Crippen LogP contribution >= 0.6 is 0 Å². The molecule has 0 atom stereocenters. The van der Waals surface area contributed by atoms with E-state index in [-0.39, 0.29) is 30.0 Å². The summed E-state index contributed by atoms with van der Waals surface area (Å²) >= 11 is 0. The number of rotatable bonds is 9. The fourth-order valence-corrected chi connectivity index (χ4v) is 5.08. The van der Waals surface area contributed by atoms with Gasteiger partial charge in [0.2, 0.25) is 11.8 Å². The van der Waals surface area contributed by atoms with Gasteiger partial charge in [0.15, 0.2) is 0 Å². The summed E-state index contributed by atoms with van der Waals surface area (Å²) in [7, 11) is 0. The molecule has 0 spiro atoms. The second-order valence-electron chi connectivity index (χ2n) is 9.63. The quantitative estimate of drug-likeness (QED) is 0.584. The van der Waals surface area contributed by atoms with Crippen molar-refractivity contribution in [2.24, 2.45) is 5.92 Å². The zero-order chi connectivity index (χ0) is 23.8. The molecule has 4 rings (SSSR count). The van der Waals surface area contributed by atoms with E-state index >= 15 is 0 Å². The van der Waals surface area contributed by atoms with Crippen LogP contribution in [0.5, 0.6) is 0 Å². The van der Waals surface area contributed by atoms with E-state index in [1.54, 1.807) is 17.0 Å². The summed E-state index contributed by atoms with van der Waals surface area (Å²) in [5.74, 6) is -0.140. The molecule has 0 bridgehead atoms. The van der Waals surface area contributed by atoms with Gasteiger partial charge in [-0.3, -0.25) is 9.59 Å². The molecule has 182 valence electrons. The first-order chi connectivity index (χ1) is 16.6. The largest absolute Gasteiger partial charge is 0.355 e. The monoisotopic (exact) mass is 465 g/mol. The highest BCUT2D eigenvalue weighted by Crippen LogP contribution is 2.30. The number of piperidine rings is 1. The van der Waals surface area contributed by atoms with Crippen molar-refractivity contribution >= 4 is 17.5 Å². The molecule has 2 fully saturated rings. The number of likely N-dealkylation sites (tertiary alicyclic amines) is 1. The Hall–Kier alpha value is -2.73. The molecular formula is C28H36FN3O2. The van der Waals surface area contributed by atoms with Crippen LogP contribution in [0.4, 0.5) is 10.1 Å². The number of amides is 2. The van der Waals surface area contributed by atoms with E-state index in [1.807, 2.05) is 24.3 Å². The van der Waals surface area contributed by atoms with E-state index in [2.05, 4.69) is 10.2 Å². The third kappa shape index (κ3) is 6.89. The molecule has 0 aromatic heterocycles. The van der Waals surface area contributed by atoms with Gasteiger partial charge < -0.3 is 15.1 Å². The maximum atomic E-state index is 13.4. The number of hydrogen-bond donors (Lipinski definition) is 1. The zero-order valence-electron chi connectivity index (χ0n) is 20.0. The Morgan fingerprint density at radius 2 is 1.68 bits per heavy atom. The molecule has 2 amide bonds. The number of halogens is 1. The van der Waals surface area contributed by atoms with Crippen LogP contribution in [0.15, 0.2) is 48.5 Å². The standard InChI is InChI=1S/C28H36FN3O2/c29-25-13-11-22(12-14-25)21-32(28(34)24-8-2-3-9-24)26-10-6-7-23(19-26)20-27(33)30-15-18-31-16-4-1-5-17-31/h6-7,10-14,19,24H,1-5,8-9,15-18,20-21H2,(H,30,33). The van der Waals surface area contributed by atoms with Crippen molar-refractivity contribution in [2.45, 2.75) is 57.9 Å². The lowest BCUT2D eigenvalue weighted by Crippen LogP contribution is -2.38. The molecule has 1 saturated heterocycles. The molecule has 5 nitrogen and oxygen atoms in total. The van der Waals surface area contributed by atoms with Gasteiger partial charge in [-0.1, -0.05) is 43.5 Å². The molecule has 2 aromatic rings. The number of nitrogens with one attached hydrogen (secondary N) is 1. The number of nitrogens with zero attached hydrogens (tertiary/aromatic N) is 2. The van der Waals surface area contributed by atoms with Crippen molar-refractivity contribution in [1.29, 1.82) is 0 Å². The highest BCUT2D eigenvalue weighted by molar-refractivity contribution is 5.95. The SMILES string of the molecule is O=C(Cc1cccc(N(Cc2ccc(F)cc2)C(=O)C2CCCC2)c1)NCCN1CCCCC1. The summed E-state index contributed by atoms with van der Waals surface area (Å²) in [6, 6.07) is 14.0. The van der Waals surface area contributed by atoms with Crippen LogP contribution in [0, 0.1) is 11.7 Å². The van der Waals surface area contributed by atoms with Gasteiger partial charge in [-0.2, -0.15) is 0 Å². The Morgan fingerprint density at radius 3 is 2.41 bits per heavy atom. The lowest BCUT2D eigenvalue weighted by atomic mass is 10.0. The van der Waals surface area contributed by atoms with E-state index in [4.69, 9.17) is 0 Å². The van der Waals surface area contributed by atoms with Crippen LogP contribution in [0.1, 0.15) is 56.1 Å². The van der Waals surface area contributed by atoms with Crippen molar-refractivity contribution < 1.29 is 14.0 Å². The van der Waals surface area contributed by atoms with Crippen molar-refractivity contribution in [3.8, 4) is 0 Å². The van der Waals surface area contributed by atoms with Crippen LogP contribution in [0.25, 0.3) is 0 Å². The zero-order valence-corrected chi connectivity index (χ0v) is 20.0. The molecule has 1 heterocycles. The van der Waals surface area contributed by atoms with E-state index in [9.17, 15) is 14.0 Å². The summed E-state index contributed by atoms with van der Waals surface area (Å²) in [5.41, 5.74) is 2.56.